The van der Waals surface area contributed by atoms with Crippen molar-refractivity contribution in [3.8, 4) is 0 Å². The van der Waals surface area contributed by atoms with Crippen molar-refractivity contribution >= 4 is 34.3 Å². The molecule has 2 N–H and O–H groups in total. The van der Waals surface area contributed by atoms with Crippen LogP contribution in [0, 0.1) is 6.92 Å². The number of carbonyl (C=O) groups excluding carboxylic acids is 2. The molecule has 0 bridgehead atoms. The molecule has 0 aromatic carbocycles. The maximum absolute atomic E-state index is 12.2. The van der Waals surface area contributed by atoms with E-state index in [1.54, 1.807) is 6.92 Å². The van der Waals surface area contributed by atoms with Gasteiger partial charge >= 0.3 is 5.97 Å². The number of likely N-dealkylation sites (N-methyl/N-ethyl adjacent to an activating group) is 1. The highest BCUT2D eigenvalue weighted by atomic mass is 32.1. The lowest BCUT2D eigenvalue weighted by Crippen LogP contribution is -2.42. The first-order valence-corrected chi connectivity index (χ1v) is 6.45. The first-order valence-electron chi connectivity index (χ1n) is 5.68. The van der Waals surface area contributed by atoms with Crippen LogP contribution < -0.4 is 10.2 Å². The van der Waals surface area contributed by atoms with Gasteiger partial charge in [0.15, 0.2) is 0 Å². The molecule has 2 heterocycles. The lowest BCUT2D eigenvalue weighted by molar-refractivity contribution is -0.123. The molecule has 19 heavy (non-hydrogen) atoms. The average molecular weight is 283 g/mol. The normalized spacial score (nSPS) is 18.2. The smallest absolute Gasteiger partial charge is 0.340 e. The minimum absolute atomic E-state index is 0.0326. The molecular formula is C11H13N3O4S. The van der Waals surface area contributed by atoms with E-state index in [0.29, 0.717) is 18.5 Å². The zero-order valence-electron chi connectivity index (χ0n) is 10.5. The number of anilines is 1. The Bertz CT molecular complexity index is 554. The Morgan fingerprint density at radius 3 is 2.74 bits per heavy atom. The number of carboxylic acid groups (broad SMARTS) is 1. The number of carboxylic acids is 1. The Balaban J connectivity index is 2.24. The maximum atomic E-state index is 12.2. The summed E-state index contributed by atoms with van der Waals surface area (Å²) in [6, 6.07) is -0.582. The molecule has 1 aliphatic heterocycles. The molecule has 0 spiro atoms. The fourth-order valence-corrected chi connectivity index (χ4v) is 2.82. The number of rotatable bonds is 3. The Morgan fingerprint density at radius 1 is 1.53 bits per heavy atom. The molecule has 0 aliphatic carbocycles. The van der Waals surface area contributed by atoms with Gasteiger partial charge in [0, 0.05) is 13.5 Å². The third kappa shape index (κ3) is 2.43. The van der Waals surface area contributed by atoms with Crippen molar-refractivity contribution in [2.24, 2.45) is 0 Å². The number of hydrogen-bond donors (Lipinski definition) is 2. The molecule has 1 saturated heterocycles. The highest BCUT2D eigenvalue weighted by Crippen LogP contribution is 2.28. The fraction of sp³-hybridized carbons (Fsp3) is 0.455. The largest absolute Gasteiger partial charge is 0.478 e. The lowest BCUT2D eigenvalue weighted by atomic mass is 10.2. The maximum Gasteiger partial charge on any atom is 0.340 e. The fourth-order valence-electron chi connectivity index (χ4n) is 1.97. The molecule has 0 radical (unpaired) electrons. The van der Waals surface area contributed by atoms with Gasteiger partial charge in [0.25, 0.3) is 0 Å². The van der Waals surface area contributed by atoms with Crippen molar-refractivity contribution in [3.63, 3.8) is 0 Å². The first kappa shape index (κ1) is 13.5. The van der Waals surface area contributed by atoms with E-state index >= 15 is 0 Å². The van der Waals surface area contributed by atoms with Gasteiger partial charge < -0.3 is 15.3 Å². The van der Waals surface area contributed by atoms with Crippen LogP contribution in [0.1, 0.15) is 28.9 Å². The SMILES string of the molecule is Cc1nsc(N(C)C(=O)C2CCC(=O)N2)c1C(=O)O. The van der Waals surface area contributed by atoms with Crippen molar-refractivity contribution in [1.82, 2.24) is 9.69 Å². The number of aryl methyl sites for hydroxylation is 1. The number of carbonyl (C=O) groups is 3. The summed E-state index contributed by atoms with van der Waals surface area (Å²) in [6.45, 7) is 1.58. The standard InChI is InChI=1S/C11H13N3O4S/c1-5-8(11(17)18)10(19-13-5)14(2)9(16)6-3-4-7(15)12-6/h6H,3-4H2,1-2H3,(H,12,15)(H,17,18). The van der Waals surface area contributed by atoms with E-state index in [4.69, 9.17) is 5.11 Å². The minimum atomic E-state index is -1.11. The van der Waals surface area contributed by atoms with Crippen molar-refractivity contribution in [1.29, 1.82) is 0 Å². The van der Waals surface area contributed by atoms with Crippen molar-refractivity contribution in [2.45, 2.75) is 25.8 Å². The van der Waals surface area contributed by atoms with E-state index in [0.717, 1.165) is 11.5 Å². The summed E-state index contributed by atoms with van der Waals surface area (Å²) in [5.41, 5.74) is 0.410. The Hall–Kier alpha value is -1.96. The van der Waals surface area contributed by atoms with Gasteiger partial charge in [-0.05, 0) is 24.9 Å². The topological polar surface area (TPSA) is 99.6 Å². The number of aromatic nitrogens is 1. The van der Waals surface area contributed by atoms with Gasteiger partial charge in [-0.25, -0.2) is 4.79 Å². The first-order chi connectivity index (χ1) is 8.91. The molecule has 2 rings (SSSR count). The third-order valence-electron chi connectivity index (χ3n) is 2.99. The molecular weight excluding hydrogens is 270 g/mol. The van der Waals surface area contributed by atoms with Crippen LogP contribution in [0.25, 0.3) is 0 Å². The molecule has 0 saturated carbocycles. The molecule has 2 amide bonds. The molecule has 7 nitrogen and oxygen atoms in total. The number of nitrogens with zero attached hydrogens (tertiary/aromatic N) is 2. The van der Waals surface area contributed by atoms with Crippen LogP contribution in [0.4, 0.5) is 5.00 Å². The number of nitrogens with one attached hydrogen (secondary N) is 1. The monoisotopic (exact) mass is 283 g/mol. The summed E-state index contributed by atoms with van der Waals surface area (Å²) >= 11 is 0.962. The van der Waals surface area contributed by atoms with Gasteiger partial charge in [-0.2, -0.15) is 4.37 Å². The van der Waals surface area contributed by atoms with E-state index in [1.165, 1.54) is 11.9 Å². The Kier molecular flexibility index (Phi) is 3.52. The van der Waals surface area contributed by atoms with Gasteiger partial charge in [-0.3, -0.25) is 9.59 Å². The van der Waals surface area contributed by atoms with Crippen LogP contribution in [0.15, 0.2) is 0 Å². The Labute approximate surface area is 113 Å². The predicted octanol–water partition coefficient (Wildman–Crippen LogP) is 0.391. The number of amides is 2. The molecule has 1 unspecified atom stereocenters. The van der Waals surface area contributed by atoms with E-state index in [1.807, 2.05) is 0 Å². The third-order valence-corrected chi connectivity index (χ3v) is 4.00. The minimum Gasteiger partial charge on any atom is -0.478 e. The van der Waals surface area contributed by atoms with Crippen LogP contribution in [0.3, 0.4) is 0 Å². The second-order valence-corrected chi connectivity index (χ2v) is 5.06. The lowest BCUT2D eigenvalue weighted by Gasteiger charge is -2.19. The van der Waals surface area contributed by atoms with Gasteiger partial charge in [0.1, 0.15) is 16.6 Å². The summed E-state index contributed by atoms with van der Waals surface area (Å²) in [4.78, 5) is 35.7. The number of aromatic carboxylic acids is 1. The summed E-state index contributed by atoms with van der Waals surface area (Å²) in [6.07, 6.45) is 0.750. The zero-order valence-corrected chi connectivity index (χ0v) is 11.3. The van der Waals surface area contributed by atoms with Crippen LogP contribution >= 0.6 is 11.5 Å². The second-order valence-electron chi connectivity index (χ2n) is 4.31. The quantitative estimate of drug-likeness (QED) is 0.836. The molecule has 1 atom stereocenters. The Morgan fingerprint density at radius 2 is 2.21 bits per heavy atom. The van der Waals surface area contributed by atoms with E-state index in [9.17, 15) is 14.4 Å². The molecule has 1 aromatic heterocycles. The van der Waals surface area contributed by atoms with Crippen LogP contribution in [-0.4, -0.2) is 40.4 Å². The summed E-state index contributed by atoms with van der Waals surface area (Å²) in [7, 11) is 1.49. The van der Waals surface area contributed by atoms with Crippen LogP contribution in [-0.2, 0) is 9.59 Å². The van der Waals surface area contributed by atoms with Crippen molar-refractivity contribution < 1.29 is 19.5 Å². The van der Waals surface area contributed by atoms with Crippen LogP contribution in [0.5, 0.6) is 0 Å². The van der Waals surface area contributed by atoms with E-state index < -0.39 is 12.0 Å². The molecule has 8 heteroatoms. The molecule has 1 fully saturated rings. The molecule has 1 aliphatic rings. The zero-order chi connectivity index (χ0) is 14.2. The van der Waals surface area contributed by atoms with E-state index in [2.05, 4.69) is 9.69 Å². The molecule has 1 aromatic rings. The summed E-state index contributed by atoms with van der Waals surface area (Å²) < 4.78 is 3.96. The van der Waals surface area contributed by atoms with E-state index in [-0.39, 0.29) is 22.4 Å². The van der Waals surface area contributed by atoms with Gasteiger partial charge in [0.05, 0.1) is 5.69 Å². The van der Waals surface area contributed by atoms with Gasteiger partial charge in [-0.15, -0.1) is 0 Å². The molecule has 102 valence electrons. The van der Waals surface area contributed by atoms with Crippen molar-refractivity contribution in [3.05, 3.63) is 11.3 Å². The number of hydrogen-bond acceptors (Lipinski definition) is 5. The highest BCUT2D eigenvalue weighted by Gasteiger charge is 2.32. The van der Waals surface area contributed by atoms with Gasteiger partial charge in [0.2, 0.25) is 11.8 Å². The van der Waals surface area contributed by atoms with Gasteiger partial charge in [-0.1, -0.05) is 0 Å². The highest BCUT2D eigenvalue weighted by molar-refractivity contribution is 7.11. The average Bonchev–Trinajstić information content (AvgIpc) is 2.93. The predicted molar refractivity (Wildman–Crippen MR) is 68.4 cm³/mol. The summed E-state index contributed by atoms with van der Waals surface area (Å²) in [5, 5.41) is 12.0. The summed E-state index contributed by atoms with van der Waals surface area (Å²) in [5.74, 6) is -1.60. The van der Waals surface area contributed by atoms with Crippen LogP contribution in [0.2, 0.25) is 0 Å². The second kappa shape index (κ2) is 4.96. The van der Waals surface area contributed by atoms with Crippen molar-refractivity contribution in [2.75, 3.05) is 11.9 Å².